The largest absolute Gasteiger partial charge is 0.493 e. The van der Waals surface area contributed by atoms with Gasteiger partial charge in [0.25, 0.3) is 0 Å². The summed E-state index contributed by atoms with van der Waals surface area (Å²) in [7, 11) is 1.52. The summed E-state index contributed by atoms with van der Waals surface area (Å²) in [5.41, 5.74) is 0.597. The number of nitrogens with zero attached hydrogens (tertiary/aromatic N) is 1. The Morgan fingerprint density at radius 2 is 2.17 bits per heavy atom. The zero-order valence-electron chi connectivity index (χ0n) is 13.5. The Hall–Kier alpha value is -2.74. The highest BCUT2D eigenvalue weighted by molar-refractivity contribution is 5.97. The quantitative estimate of drug-likeness (QED) is 0.229. The van der Waals surface area contributed by atoms with Crippen molar-refractivity contribution in [3.63, 3.8) is 0 Å². The lowest BCUT2D eigenvalue weighted by atomic mass is 10.1. The Morgan fingerprint density at radius 3 is 2.78 bits per heavy atom. The summed E-state index contributed by atoms with van der Waals surface area (Å²) in [6.45, 7) is 6.26. The topological polar surface area (TPSA) is 68.5 Å². The van der Waals surface area contributed by atoms with Crippen LogP contribution in [-0.2, 0) is 9.53 Å². The Bertz CT molecular complexity index is 614. The van der Waals surface area contributed by atoms with E-state index in [-0.39, 0.29) is 5.57 Å². The summed E-state index contributed by atoms with van der Waals surface area (Å²) in [6, 6.07) is 7.00. The van der Waals surface area contributed by atoms with Gasteiger partial charge in [-0.3, -0.25) is 0 Å². The maximum absolute atomic E-state index is 11.8. The van der Waals surface area contributed by atoms with E-state index in [1.807, 2.05) is 13.0 Å². The second kappa shape index (κ2) is 10.1. The van der Waals surface area contributed by atoms with Gasteiger partial charge in [-0.15, -0.1) is 0 Å². The van der Waals surface area contributed by atoms with Gasteiger partial charge < -0.3 is 14.2 Å². The van der Waals surface area contributed by atoms with Gasteiger partial charge in [-0.05, 0) is 30.2 Å². The van der Waals surface area contributed by atoms with Crippen LogP contribution in [0.3, 0.4) is 0 Å². The molecule has 0 bridgehead atoms. The molecule has 0 aliphatic carbocycles. The lowest BCUT2D eigenvalue weighted by Crippen LogP contribution is -2.07. The average molecular weight is 315 g/mol. The van der Waals surface area contributed by atoms with Crippen LogP contribution in [0.2, 0.25) is 0 Å². The molecule has 0 aliphatic rings. The fourth-order valence-electron chi connectivity index (χ4n) is 1.73. The van der Waals surface area contributed by atoms with E-state index >= 15 is 0 Å². The van der Waals surface area contributed by atoms with E-state index in [2.05, 4.69) is 6.58 Å². The molecule has 0 N–H and O–H groups in total. The molecule has 0 amide bonds. The van der Waals surface area contributed by atoms with Gasteiger partial charge in [-0.2, -0.15) is 5.26 Å². The normalized spacial score (nSPS) is 10.6. The standard InChI is InChI=1S/C18H21NO4/c1-4-6-10-23-18(20)15(13-19)11-14-7-8-16(22-9-5-2)17(12-14)21-3/h5,7-8,11-12H,2,4,6,9-10H2,1,3H3/b15-11-. The Balaban J connectivity index is 2.93. The van der Waals surface area contributed by atoms with Crippen molar-refractivity contribution in [1.82, 2.24) is 0 Å². The van der Waals surface area contributed by atoms with Gasteiger partial charge in [0.1, 0.15) is 18.2 Å². The number of unbranched alkanes of at least 4 members (excludes halogenated alkanes) is 1. The van der Waals surface area contributed by atoms with Crippen LogP contribution in [0, 0.1) is 11.3 Å². The summed E-state index contributed by atoms with van der Waals surface area (Å²) in [4.78, 5) is 11.8. The van der Waals surface area contributed by atoms with Crippen molar-refractivity contribution >= 4 is 12.0 Å². The van der Waals surface area contributed by atoms with Crippen molar-refractivity contribution < 1.29 is 19.0 Å². The predicted molar refractivity (Wildman–Crippen MR) is 88.1 cm³/mol. The van der Waals surface area contributed by atoms with Gasteiger partial charge in [0, 0.05) is 0 Å². The third-order valence-electron chi connectivity index (χ3n) is 2.93. The first-order chi connectivity index (χ1) is 11.2. The predicted octanol–water partition coefficient (Wildman–Crippen LogP) is 3.51. The van der Waals surface area contributed by atoms with Crippen LogP contribution < -0.4 is 9.47 Å². The fourth-order valence-corrected chi connectivity index (χ4v) is 1.73. The van der Waals surface area contributed by atoms with E-state index in [4.69, 9.17) is 19.5 Å². The molecule has 5 heteroatoms. The molecular weight excluding hydrogens is 294 g/mol. The second-order valence-electron chi connectivity index (χ2n) is 4.67. The zero-order chi connectivity index (χ0) is 17.1. The third-order valence-corrected chi connectivity index (χ3v) is 2.93. The molecule has 0 aromatic heterocycles. The van der Waals surface area contributed by atoms with E-state index in [0.29, 0.717) is 30.3 Å². The number of ether oxygens (including phenoxy) is 3. The number of esters is 1. The number of rotatable bonds is 9. The van der Waals surface area contributed by atoms with E-state index in [1.165, 1.54) is 13.2 Å². The molecule has 0 unspecified atom stereocenters. The summed E-state index contributed by atoms with van der Waals surface area (Å²) >= 11 is 0. The van der Waals surface area contributed by atoms with Crippen molar-refractivity contribution in [2.24, 2.45) is 0 Å². The van der Waals surface area contributed by atoms with Crippen LogP contribution in [0.15, 0.2) is 36.4 Å². The van der Waals surface area contributed by atoms with Crippen molar-refractivity contribution in [2.75, 3.05) is 20.3 Å². The molecule has 23 heavy (non-hydrogen) atoms. The summed E-state index contributed by atoms with van der Waals surface area (Å²) < 4.78 is 15.8. The summed E-state index contributed by atoms with van der Waals surface area (Å²) in [5.74, 6) is 0.456. The lowest BCUT2D eigenvalue weighted by molar-refractivity contribution is -0.138. The monoisotopic (exact) mass is 315 g/mol. The van der Waals surface area contributed by atoms with Crippen LogP contribution in [0.25, 0.3) is 6.08 Å². The zero-order valence-corrected chi connectivity index (χ0v) is 13.5. The number of carbonyl (C=O) groups excluding carboxylic acids is 1. The summed E-state index contributed by atoms with van der Waals surface area (Å²) in [6.07, 6.45) is 4.79. The highest BCUT2D eigenvalue weighted by Gasteiger charge is 2.11. The molecule has 0 radical (unpaired) electrons. The van der Waals surface area contributed by atoms with Crippen molar-refractivity contribution in [3.8, 4) is 17.6 Å². The number of hydrogen-bond donors (Lipinski definition) is 0. The fraction of sp³-hybridized carbons (Fsp3) is 0.333. The molecule has 0 fully saturated rings. The second-order valence-corrected chi connectivity index (χ2v) is 4.67. The van der Waals surface area contributed by atoms with E-state index in [9.17, 15) is 4.79 Å². The van der Waals surface area contributed by atoms with E-state index < -0.39 is 5.97 Å². The number of methoxy groups -OCH3 is 1. The van der Waals surface area contributed by atoms with Gasteiger partial charge in [0.2, 0.25) is 0 Å². The molecule has 0 spiro atoms. The highest BCUT2D eigenvalue weighted by Crippen LogP contribution is 2.29. The molecule has 0 heterocycles. The maximum Gasteiger partial charge on any atom is 0.348 e. The Labute approximate surface area is 136 Å². The molecule has 122 valence electrons. The minimum atomic E-state index is -0.619. The lowest BCUT2D eigenvalue weighted by Gasteiger charge is -2.10. The molecule has 1 rings (SSSR count). The van der Waals surface area contributed by atoms with Gasteiger partial charge in [0.15, 0.2) is 11.5 Å². The van der Waals surface area contributed by atoms with E-state index in [0.717, 1.165) is 12.8 Å². The van der Waals surface area contributed by atoms with Gasteiger partial charge >= 0.3 is 5.97 Å². The molecule has 0 aliphatic heterocycles. The molecule has 5 nitrogen and oxygen atoms in total. The minimum absolute atomic E-state index is 0.0529. The smallest absolute Gasteiger partial charge is 0.348 e. The van der Waals surface area contributed by atoms with Crippen LogP contribution in [-0.4, -0.2) is 26.3 Å². The van der Waals surface area contributed by atoms with Crippen LogP contribution >= 0.6 is 0 Å². The van der Waals surface area contributed by atoms with Crippen LogP contribution in [0.1, 0.15) is 25.3 Å². The molecule has 0 saturated carbocycles. The van der Waals surface area contributed by atoms with Crippen molar-refractivity contribution in [2.45, 2.75) is 19.8 Å². The van der Waals surface area contributed by atoms with Crippen molar-refractivity contribution in [1.29, 1.82) is 5.26 Å². The number of carbonyl (C=O) groups is 1. The minimum Gasteiger partial charge on any atom is -0.493 e. The third kappa shape index (κ3) is 5.87. The van der Waals surface area contributed by atoms with Crippen LogP contribution in [0.5, 0.6) is 11.5 Å². The number of benzene rings is 1. The van der Waals surface area contributed by atoms with Crippen molar-refractivity contribution in [3.05, 3.63) is 42.0 Å². The molecule has 1 aromatic rings. The van der Waals surface area contributed by atoms with Crippen LogP contribution in [0.4, 0.5) is 0 Å². The molecule has 1 aromatic carbocycles. The first-order valence-electron chi connectivity index (χ1n) is 7.36. The SMILES string of the molecule is C=CCOc1ccc(/C=C(/C#N)C(=O)OCCCC)cc1OC. The van der Waals surface area contributed by atoms with Gasteiger partial charge in [-0.1, -0.05) is 32.1 Å². The first-order valence-corrected chi connectivity index (χ1v) is 7.36. The average Bonchev–Trinajstić information content (AvgIpc) is 2.58. The summed E-state index contributed by atoms with van der Waals surface area (Å²) in [5, 5.41) is 9.13. The number of hydrogen-bond acceptors (Lipinski definition) is 5. The van der Waals surface area contributed by atoms with E-state index in [1.54, 1.807) is 24.3 Å². The maximum atomic E-state index is 11.8. The first kappa shape index (κ1) is 18.3. The van der Waals surface area contributed by atoms with Gasteiger partial charge in [-0.25, -0.2) is 4.79 Å². The molecule has 0 saturated heterocycles. The number of nitriles is 1. The van der Waals surface area contributed by atoms with Gasteiger partial charge in [0.05, 0.1) is 13.7 Å². The highest BCUT2D eigenvalue weighted by atomic mass is 16.5. The molecule has 0 atom stereocenters. The molecular formula is C18H21NO4. The Morgan fingerprint density at radius 1 is 1.39 bits per heavy atom. The Kier molecular flexibility index (Phi) is 8.01.